The van der Waals surface area contributed by atoms with E-state index in [1.807, 2.05) is 42.5 Å². The van der Waals surface area contributed by atoms with Crippen molar-refractivity contribution in [3.8, 4) is 51.0 Å². The lowest BCUT2D eigenvalue weighted by Crippen LogP contribution is -2.00. The Morgan fingerprint density at radius 2 is 0.769 bits per heavy atom. The van der Waals surface area contributed by atoms with Crippen molar-refractivity contribution in [2.24, 2.45) is 0 Å². The molecular weight excluding hydrogens is 797 g/mol. The van der Waals surface area contributed by atoms with Gasteiger partial charge in [-0.1, -0.05) is 115 Å². The minimum Gasteiger partial charge on any atom is -0.456 e. The number of fused-ring (bicyclic) bond motifs is 12. The van der Waals surface area contributed by atoms with Crippen LogP contribution < -0.4 is 0 Å². The Morgan fingerprint density at radius 3 is 1.55 bits per heavy atom. The molecule has 0 saturated carbocycles. The lowest BCUT2D eigenvalue weighted by Gasteiger charge is -2.10. The van der Waals surface area contributed by atoms with Crippen LogP contribution in [0.25, 0.3) is 138 Å². The maximum Gasteiger partial charge on any atom is 0.164 e. The summed E-state index contributed by atoms with van der Waals surface area (Å²) in [5.41, 5.74) is 11.7. The van der Waals surface area contributed by atoms with Gasteiger partial charge in [0.25, 0.3) is 0 Å². The number of hydrogen-bond acceptors (Lipinski definition) is 5. The third-order valence-electron chi connectivity index (χ3n) is 13.0. The highest BCUT2D eigenvalue weighted by molar-refractivity contribution is 6.12. The van der Waals surface area contributed by atoms with Gasteiger partial charge in [0.1, 0.15) is 22.3 Å². The monoisotopic (exact) mass is 830 g/mol. The van der Waals surface area contributed by atoms with Crippen LogP contribution in [0.15, 0.2) is 215 Å². The molecule has 0 unspecified atom stereocenters. The highest BCUT2D eigenvalue weighted by atomic mass is 16.3. The van der Waals surface area contributed by atoms with Gasteiger partial charge in [-0.15, -0.1) is 0 Å². The first-order valence-electron chi connectivity index (χ1n) is 21.8. The van der Waals surface area contributed by atoms with E-state index in [0.717, 1.165) is 82.8 Å². The van der Waals surface area contributed by atoms with Gasteiger partial charge < -0.3 is 13.4 Å². The lowest BCUT2D eigenvalue weighted by atomic mass is 10.00. The summed E-state index contributed by atoms with van der Waals surface area (Å²) in [6, 6.07) is 72.3. The summed E-state index contributed by atoms with van der Waals surface area (Å²) >= 11 is 0. The quantitative estimate of drug-likeness (QED) is 0.162. The van der Waals surface area contributed by atoms with E-state index in [1.54, 1.807) is 0 Å². The van der Waals surface area contributed by atoms with Crippen molar-refractivity contribution >= 4 is 87.2 Å². The normalized spacial score (nSPS) is 12.0. The molecule has 10 aromatic carbocycles. The van der Waals surface area contributed by atoms with E-state index in [9.17, 15) is 0 Å². The predicted molar refractivity (Wildman–Crippen MR) is 265 cm³/mol. The Hall–Kier alpha value is -8.87. The molecule has 0 aliphatic heterocycles. The van der Waals surface area contributed by atoms with Crippen LogP contribution in [0.4, 0.5) is 0 Å². The van der Waals surface area contributed by atoms with E-state index in [0.29, 0.717) is 17.5 Å². The van der Waals surface area contributed by atoms with Crippen molar-refractivity contribution in [2.45, 2.75) is 0 Å². The molecule has 4 aromatic heterocycles. The van der Waals surface area contributed by atoms with E-state index < -0.39 is 0 Å². The number of hydrogen-bond donors (Lipinski definition) is 0. The van der Waals surface area contributed by atoms with Gasteiger partial charge in [0.05, 0.1) is 11.0 Å². The SMILES string of the molecule is c1ccc(-n2c3ccccc3c3cc(-c4ccc5c(c4)oc4ccc(-c6nc(-c7ccc8c(ccc9ccccc98)c7)nc(-c7ccc8oc9ccccc9c8c7)n6)cc45)ccc32)cc1. The largest absolute Gasteiger partial charge is 0.456 e. The number of para-hydroxylation sites is 3. The molecule has 65 heavy (non-hydrogen) atoms. The third kappa shape index (κ3) is 5.64. The highest BCUT2D eigenvalue weighted by Crippen LogP contribution is 2.39. The standard InChI is InChI=1S/C59H34N4O2/c1-2-11-42(12-3-1)63-51-16-8-6-14-45(51)48-31-36(22-27-52(48)63)37-20-26-47-50-33-41(24-29-55(50)65-56(47)34-37)59-61-57(39-21-25-44-38(30-39)19-18-35-10-4-5-13-43(35)44)60-58(62-59)40-23-28-54-49(32-40)46-15-7-9-17-53(46)64-54/h1-34H. The first kappa shape index (κ1) is 35.7. The Morgan fingerprint density at radius 1 is 0.277 bits per heavy atom. The molecule has 0 aliphatic carbocycles. The molecule has 14 aromatic rings. The fourth-order valence-corrected chi connectivity index (χ4v) is 9.88. The molecule has 0 spiro atoms. The van der Waals surface area contributed by atoms with Gasteiger partial charge in [-0.3, -0.25) is 0 Å². The minimum atomic E-state index is 0.580. The van der Waals surface area contributed by atoms with E-state index in [2.05, 4.69) is 168 Å². The molecule has 0 bridgehead atoms. The second kappa shape index (κ2) is 13.8. The van der Waals surface area contributed by atoms with Crippen LogP contribution in [0.2, 0.25) is 0 Å². The Kier molecular flexibility index (Phi) is 7.59. The molecule has 0 amide bonds. The molecule has 302 valence electrons. The van der Waals surface area contributed by atoms with Gasteiger partial charge in [-0.05, 0) is 124 Å². The first-order valence-corrected chi connectivity index (χ1v) is 21.8. The molecular formula is C59H34N4O2. The molecule has 0 aliphatic rings. The first-order chi connectivity index (χ1) is 32.2. The van der Waals surface area contributed by atoms with Crippen molar-refractivity contribution in [1.29, 1.82) is 0 Å². The molecule has 0 N–H and O–H groups in total. The summed E-state index contributed by atoms with van der Waals surface area (Å²) in [5.74, 6) is 1.76. The molecule has 6 heteroatoms. The fraction of sp³-hybridized carbons (Fsp3) is 0. The summed E-state index contributed by atoms with van der Waals surface area (Å²) in [6.45, 7) is 0. The van der Waals surface area contributed by atoms with E-state index in [1.165, 1.54) is 38.0 Å². The Bertz CT molecular complexity index is 4250. The summed E-state index contributed by atoms with van der Waals surface area (Å²) in [6.07, 6.45) is 0. The van der Waals surface area contributed by atoms with Crippen LogP contribution in [0, 0.1) is 0 Å². The zero-order valence-corrected chi connectivity index (χ0v) is 34.7. The second-order valence-corrected chi connectivity index (χ2v) is 16.8. The number of furan rings is 2. The van der Waals surface area contributed by atoms with Gasteiger partial charge in [-0.2, -0.15) is 0 Å². The summed E-state index contributed by atoms with van der Waals surface area (Å²) in [7, 11) is 0. The summed E-state index contributed by atoms with van der Waals surface area (Å²) in [4.78, 5) is 15.5. The van der Waals surface area contributed by atoms with Crippen molar-refractivity contribution in [3.05, 3.63) is 206 Å². The topological polar surface area (TPSA) is 69.9 Å². The van der Waals surface area contributed by atoms with E-state index in [-0.39, 0.29) is 0 Å². The van der Waals surface area contributed by atoms with Crippen LogP contribution in [0.3, 0.4) is 0 Å². The second-order valence-electron chi connectivity index (χ2n) is 16.8. The highest BCUT2D eigenvalue weighted by Gasteiger charge is 2.18. The zero-order valence-electron chi connectivity index (χ0n) is 34.7. The smallest absolute Gasteiger partial charge is 0.164 e. The minimum absolute atomic E-state index is 0.580. The molecule has 0 atom stereocenters. The lowest BCUT2D eigenvalue weighted by molar-refractivity contribution is 0.668. The maximum absolute atomic E-state index is 6.58. The molecule has 0 radical (unpaired) electrons. The molecule has 0 saturated heterocycles. The van der Waals surface area contributed by atoms with Gasteiger partial charge in [0.2, 0.25) is 0 Å². The van der Waals surface area contributed by atoms with Gasteiger partial charge in [0.15, 0.2) is 17.5 Å². The number of rotatable bonds is 5. The molecule has 0 fully saturated rings. The van der Waals surface area contributed by atoms with Crippen molar-refractivity contribution < 1.29 is 8.83 Å². The molecule has 6 nitrogen and oxygen atoms in total. The zero-order chi connectivity index (χ0) is 42.6. The van der Waals surface area contributed by atoms with Crippen LogP contribution in [0.1, 0.15) is 0 Å². The average Bonchev–Trinajstić information content (AvgIpc) is 4.04. The number of aromatic nitrogens is 4. The Labute approximate surface area is 371 Å². The third-order valence-corrected chi connectivity index (χ3v) is 13.0. The van der Waals surface area contributed by atoms with Crippen LogP contribution >= 0.6 is 0 Å². The van der Waals surface area contributed by atoms with Crippen molar-refractivity contribution in [1.82, 2.24) is 19.5 Å². The maximum atomic E-state index is 6.58. The predicted octanol–water partition coefficient (Wildman–Crippen LogP) is 15.7. The fourth-order valence-electron chi connectivity index (χ4n) is 9.88. The molecule has 4 heterocycles. The Balaban J connectivity index is 0.895. The van der Waals surface area contributed by atoms with Gasteiger partial charge >= 0.3 is 0 Å². The summed E-state index contributed by atoms with van der Waals surface area (Å²) < 4.78 is 15.1. The van der Waals surface area contributed by atoms with Crippen molar-refractivity contribution in [2.75, 3.05) is 0 Å². The summed E-state index contributed by atoms with van der Waals surface area (Å²) in [5, 5.41) is 11.3. The van der Waals surface area contributed by atoms with Crippen molar-refractivity contribution in [3.63, 3.8) is 0 Å². The number of benzene rings is 10. The molecule has 14 rings (SSSR count). The van der Waals surface area contributed by atoms with Gasteiger partial charge in [-0.25, -0.2) is 15.0 Å². The van der Waals surface area contributed by atoms with E-state index >= 15 is 0 Å². The van der Waals surface area contributed by atoms with Crippen LogP contribution in [-0.4, -0.2) is 19.5 Å². The van der Waals surface area contributed by atoms with Gasteiger partial charge in [0, 0.05) is 54.7 Å². The number of nitrogens with zero attached hydrogens (tertiary/aromatic N) is 4. The van der Waals surface area contributed by atoms with Crippen LogP contribution in [-0.2, 0) is 0 Å². The van der Waals surface area contributed by atoms with Crippen LogP contribution in [0.5, 0.6) is 0 Å². The van der Waals surface area contributed by atoms with E-state index in [4.69, 9.17) is 23.8 Å². The average molecular weight is 831 g/mol.